The highest BCUT2D eigenvalue weighted by atomic mass is 35.5. The maximum absolute atomic E-state index is 16.8. The zero-order chi connectivity index (χ0) is 29.8. The van der Waals surface area contributed by atoms with E-state index < -0.39 is 5.82 Å². The number of aryl methyl sites for hydroxylation is 1. The Morgan fingerprint density at radius 3 is 2.65 bits per heavy atom. The molecule has 2 saturated heterocycles. The number of H-pyrrole nitrogens is 1. The lowest BCUT2D eigenvalue weighted by Gasteiger charge is -2.40. The Morgan fingerprint density at radius 1 is 1.14 bits per heavy atom. The Balaban J connectivity index is 1.32. The Bertz CT molecular complexity index is 1730. The summed E-state index contributed by atoms with van der Waals surface area (Å²) in [5.74, 6) is 0.440. The van der Waals surface area contributed by atoms with Crippen LogP contribution in [0.4, 0.5) is 16.2 Å². The second-order valence-electron chi connectivity index (χ2n) is 12.1. The number of aromatic nitrogens is 4. The molecule has 43 heavy (non-hydrogen) atoms. The van der Waals surface area contributed by atoms with Gasteiger partial charge < -0.3 is 20.0 Å². The number of likely N-dealkylation sites (tertiary alicyclic amines) is 1. The quantitative estimate of drug-likeness (QED) is 0.280. The molecule has 0 bridgehead atoms. The molecular weight excluding hydrogens is 567 g/mol. The van der Waals surface area contributed by atoms with Crippen molar-refractivity contribution in [2.45, 2.75) is 57.7 Å². The fraction of sp³-hybridized carbons (Fsp3) is 0.438. The van der Waals surface area contributed by atoms with Crippen LogP contribution in [0.1, 0.15) is 38.2 Å². The van der Waals surface area contributed by atoms with Gasteiger partial charge in [0.15, 0.2) is 5.82 Å². The fourth-order valence-corrected chi connectivity index (χ4v) is 7.07. The van der Waals surface area contributed by atoms with Gasteiger partial charge in [-0.15, -0.1) is 0 Å². The Kier molecular flexibility index (Phi) is 7.21. The number of aromatic amines is 1. The molecule has 224 valence electrons. The number of carbonyl (C=O) groups is 1. The summed E-state index contributed by atoms with van der Waals surface area (Å²) in [4.78, 5) is 28.7. The first-order valence-electron chi connectivity index (χ1n) is 15.1. The van der Waals surface area contributed by atoms with Crippen molar-refractivity contribution in [1.29, 1.82) is 0 Å². The molecule has 4 aromatic rings. The highest BCUT2D eigenvalue weighted by Crippen LogP contribution is 2.42. The maximum Gasteiger partial charge on any atom is 0.246 e. The van der Waals surface area contributed by atoms with Gasteiger partial charge in [0.05, 0.1) is 16.7 Å². The third-order valence-corrected chi connectivity index (χ3v) is 9.55. The van der Waals surface area contributed by atoms with Gasteiger partial charge in [-0.1, -0.05) is 30.3 Å². The largest absolute Gasteiger partial charge is 0.352 e. The number of hydrogen-bond acceptors (Lipinski definition) is 7. The molecule has 2 aromatic carbocycles. The summed E-state index contributed by atoms with van der Waals surface area (Å²) in [6, 6.07) is 6.57. The molecule has 0 unspecified atom stereocenters. The van der Waals surface area contributed by atoms with Crippen LogP contribution >= 0.6 is 11.6 Å². The summed E-state index contributed by atoms with van der Waals surface area (Å²) in [7, 11) is 0. The highest BCUT2D eigenvalue weighted by Gasteiger charge is 2.33. The second-order valence-corrected chi connectivity index (χ2v) is 12.5. The monoisotopic (exact) mass is 602 g/mol. The molecule has 2 N–H and O–H groups in total. The molecule has 1 aliphatic carbocycles. The van der Waals surface area contributed by atoms with Gasteiger partial charge in [0, 0.05) is 72.7 Å². The first-order chi connectivity index (χ1) is 20.8. The van der Waals surface area contributed by atoms with Crippen LogP contribution < -0.4 is 10.2 Å². The smallest absolute Gasteiger partial charge is 0.246 e. The number of piperazine rings is 1. The van der Waals surface area contributed by atoms with E-state index in [0.717, 1.165) is 48.4 Å². The number of hydrogen-bond donors (Lipinski definition) is 2. The molecule has 1 amide bonds. The van der Waals surface area contributed by atoms with Crippen LogP contribution in [-0.2, 0) is 4.79 Å². The van der Waals surface area contributed by atoms with Crippen molar-refractivity contribution >= 4 is 51.1 Å². The van der Waals surface area contributed by atoms with Crippen molar-refractivity contribution in [3.63, 3.8) is 0 Å². The van der Waals surface area contributed by atoms with Crippen LogP contribution in [0.15, 0.2) is 37.1 Å². The average Bonchev–Trinajstić information content (AvgIpc) is 3.75. The first kappa shape index (κ1) is 28.0. The van der Waals surface area contributed by atoms with Gasteiger partial charge in [0.1, 0.15) is 11.3 Å². The molecule has 3 fully saturated rings. The van der Waals surface area contributed by atoms with Gasteiger partial charge in [-0.25, -0.2) is 9.37 Å². The van der Waals surface area contributed by atoms with E-state index in [1.165, 1.54) is 18.9 Å². The Morgan fingerprint density at radius 2 is 1.93 bits per heavy atom. The second kappa shape index (κ2) is 11.1. The summed E-state index contributed by atoms with van der Waals surface area (Å²) in [5, 5.41) is 12.5. The first-order valence-corrected chi connectivity index (χ1v) is 15.5. The van der Waals surface area contributed by atoms with Gasteiger partial charge in [0.2, 0.25) is 11.9 Å². The molecule has 2 aromatic heterocycles. The number of rotatable bonds is 6. The average molecular weight is 603 g/mol. The van der Waals surface area contributed by atoms with E-state index in [2.05, 4.69) is 31.9 Å². The molecule has 1 saturated carbocycles. The predicted molar refractivity (Wildman–Crippen MR) is 169 cm³/mol. The number of fused-ring (bicyclic) bond motifs is 2. The van der Waals surface area contributed by atoms with Gasteiger partial charge in [0.25, 0.3) is 0 Å². The van der Waals surface area contributed by atoms with Crippen molar-refractivity contribution in [2.24, 2.45) is 0 Å². The standard InChI is InChI=1S/C32H36ClFN8O/c1-4-25(43)42-14-13-41(17-19(42)3)31-23-15-24(33)27(26-18(2)5-6-20-16-35-39-29(20)26)28(34)30(23)37-32(38-31)36-21-9-11-40(12-10-21)22-7-8-22/h4-6,15-16,19,21-22H,1,7-14,17H2,2-3H3,(H,35,39)(H,36,37,38)/t19-/m1/s1. The Labute approximate surface area is 255 Å². The molecule has 7 rings (SSSR count). The van der Waals surface area contributed by atoms with Crippen molar-refractivity contribution < 1.29 is 9.18 Å². The molecule has 1 atom stereocenters. The molecule has 2 aliphatic heterocycles. The molecule has 4 heterocycles. The van der Waals surface area contributed by atoms with E-state index in [0.29, 0.717) is 47.9 Å². The highest BCUT2D eigenvalue weighted by molar-refractivity contribution is 6.35. The van der Waals surface area contributed by atoms with Gasteiger partial charge in [-0.2, -0.15) is 10.1 Å². The van der Waals surface area contributed by atoms with E-state index in [1.54, 1.807) is 17.2 Å². The molecule has 0 radical (unpaired) electrons. The number of amides is 1. The minimum Gasteiger partial charge on any atom is -0.352 e. The maximum atomic E-state index is 16.8. The van der Waals surface area contributed by atoms with Gasteiger partial charge in [-0.3, -0.25) is 9.89 Å². The van der Waals surface area contributed by atoms with Gasteiger partial charge in [-0.05, 0) is 57.2 Å². The summed E-state index contributed by atoms with van der Waals surface area (Å²) < 4.78 is 16.8. The van der Waals surface area contributed by atoms with Gasteiger partial charge >= 0.3 is 0 Å². The predicted octanol–water partition coefficient (Wildman–Crippen LogP) is 5.54. The van der Waals surface area contributed by atoms with Crippen LogP contribution in [0.3, 0.4) is 0 Å². The molecule has 3 aliphatic rings. The lowest BCUT2D eigenvalue weighted by atomic mass is 9.96. The van der Waals surface area contributed by atoms with Crippen molar-refractivity contribution in [1.82, 2.24) is 30.0 Å². The molecule has 0 spiro atoms. The number of carbonyl (C=O) groups excluding carboxylic acids is 1. The van der Waals surface area contributed by atoms with Crippen LogP contribution in [0.5, 0.6) is 0 Å². The van der Waals surface area contributed by atoms with Crippen molar-refractivity contribution in [3.8, 4) is 11.1 Å². The number of nitrogens with one attached hydrogen (secondary N) is 2. The molecular formula is C32H36ClFN8O. The van der Waals surface area contributed by atoms with E-state index in [4.69, 9.17) is 21.6 Å². The van der Waals surface area contributed by atoms with Crippen LogP contribution in [0.25, 0.3) is 32.9 Å². The lowest BCUT2D eigenvalue weighted by molar-refractivity contribution is -0.128. The summed E-state index contributed by atoms with van der Waals surface area (Å²) in [6.45, 7) is 11.3. The number of nitrogens with zero attached hydrogens (tertiary/aromatic N) is 6. The van der Waals surface area contributed by atoms with Crippen LogP contribution in [0, 0.1) is 12.7 Å². The normalized spacial score (nSPS) is 20.2. The number of piperidine rings is 1. The minimum absolute atomic E-state index is 0.0763. The molecule has 9 nitrogen and oxygen atoms in total. The van der Waals surface area contributed by atoms with E-state index in [-0.39, 0.29) is 28.5 Å². The number of halogens is 2. The Hall–Kier alpha value is -3.76. The minimum atomic E-state index is -0.489. The van der Waals surface area contributed by atoms with E-state index >= 15 is 4.39 Å². The van der Waals surface area contributed by atoms with Crippen LogP contribution in [-0.4, -0.2) is 86.7 Å². The van der Waals surface area contributed by atoms with Crippen molar-refractivity contribution in [2.75, 3.05) is 42.9 Å². The topological polar surface area (TPSA) is 93.3 Å². The summed E-state index contributed by atoms with van der Waals surface area (Å²) in [5.41, 5.74) is 2.79. The zero-order valence-electron chi connectivity index (χ0n) is 24.5. The number of benzene rings is 2. The zero-order valence-corrected chi connectivity index (χ0v) is 25.3. The van der Waals surface area contributed by atoms with E-state index in [1.807, 2.05) is 26.0 Å². The molecule has 11 heteroatoms. The fourth-order valence-electron chi connectivity index (χ4n) is 6.78. The third kappa shape index (κ3) is 5.10. The lowest BCUT2D eigenvalue weighted by Crippen LogP contribution is -2.54. The third-order valence-electron chi connectivity index (χ3n) is 9.25. The number of anilines is 2. The SMILES string of the molecule is C=CC(=O)N1CCN(c2nc(NC3CCN(C4CC4)CC3)nc3c(F)c(-c4c(C)ccc5cn[nH]c45)c(Cl)cc23)C[C@H]1C. The summed E-state index contributed by atoms with van der Waals surface area (Å²) >= 11 is 6.91. The van der Waals surface area contributed by atoms with Crippen molar-refractivity contribution in [3.05, 3.63) is 53.5 Å². The van der Waals surface area contributed by atoms with Crippen LogP contribution in [0.2, 0.25) is 5.02 Å². The van der Waals surface area contributed by atoms with E-state index in [9.17, 15) is 4.79 Å². The summed E-state index contributed by atoms with van der Waals surface area (Å²) in [6.07, 6.45) is 7.65.